The number of carboxylic acids is 1. The number of aromatic carboxylic acids is 1. The number of thiophene rings is 1. The van der Waals surface area contributed by atoms with Crippen LogP contribution in [0.1, 0.15) is 57.0 Å². The van der Waals surface area contributed by atoms with E-state index in [0.29, 0.717) is 22.2 Å². The van der Waals surface area contributed by atoms with Crippen molar-refractivity contribution in [3.63, 3.8) is 0 Å². The summed E-state index contributed by atoms with van der Waals surface area (Å²) in [5.41, 5.74) is 5.05. The van der Waals surface area contributed by atoms with Crippen LogP contribution in [-0.4, -0.2) is 75.9 Å². The molecule has 3 aliphatic rings. The van der Waals surface area contributed by atoms with Gasteiger partial charge >= 0.3 is 5.97 Å². The van der Waals surface area contributed by atoms with Gasteiger partial charge in [-0.3, -0.25) is 14.6 Å². The number of carboxylic acid groups (broad SMARTS) is 1. The zero-order chi connectivity index (χ0) is 29.2. The number of hydrogen-bond donors (Lipinski definition) is 1. The molecule has 1 N–H and O–H groups in total. The van der Waals surface area contributed by atoms with Crippen LogP contribution in [0.4, 0.5) is 5.69 Å². The molecule has 0 saturated carbocycles. The van der Waals surface area contributed by atoms with Crippen LogP contribution in [0.25, 0.3) is 11.1 Å². The van der Waals surface area contributed by atoms with E-state index >= 15 is 0 Å². The van der Waals surface area contributed by atoms with Gasteiger partial charge in [-0.15, -0.1) is 11.3 Å². The molecule has 0 spiro atoms. The molecule has 2 aliphatic heterocycles. The molecule has 6 rings (SSSR count). The Morgan fingerprint density at radius 1 is 1.10 bits per heavy atom. The van der Waals surface area contributed by atoms with Crippen molar-refractivity contribution in [1.29, 1.82) is 0 Å². The quantitative estimate of drug-likeness (QED) is 0.315. The number of thioether (sulfide) groups is 1. The fourth-order valence-electron chi connectivity index (χ4n) is 6.00. The van der Waals surface area contributed by atoms with E-state index in [1.54, 1.807) is 16.2 Å². The summed E-state index contributed by atoms with van der Waals surface area (Å²) in [6.45, 7) is 8.87. The van der Waals surface area contributed by atoms with Crippen LogP contribution in [0.5, 0.6) is 0 Å². The van der Waals surface area contributed by atoms with Crippen LogP contribution in [0.2, 0.25) is 0 Å². The summed E-state index contributed by atoms with van der Waals surface area (Å²) in [5, 5.41) is 11.6. The number of ether oxygens (including phenoxy) is 1. The number of morpholine rings is 1. The highest BCUT2D eigenvalue weighted by Crippen LogP contribution is 2.40. The number of rotatable bonds is 8. The molecular formula is C32H36N4O4S2. The zero-order valence-electron chi connectivity index (χ0n) is 24.1. The molecule has 0 radical (unpaired) electrons. The SMILES string of the molecule is Cc1cc(/C=C2\SC(=Nc3ccccc3)N(CCCN3CCOCC3)C2=O)c(C)n1-c1sc2c(c1C(=O)O)CCCC2. The van der Waals surface area contributed by atoms with Crippen LogP contribution in [0.15, 0.2) is 46.3 Å². The van der Waals surface area contributed by atoms with Crippen molar-refractivity contribution in [3.8, 4) is 5.00 Å². The van der Waals surface area contributed by atoms with Gasteiger partial charge in [-0.1, -0.05) is 18.2 Å². The Hall–Kier alpha value is -3.18. The number of amides is 1. The molecular weight excluding hydrogens is 569 g/mol. The first-order chi connectivity index (χ1) is 20.4. The van der Waals surface area contributed by atoms with Crippen molar-refractivity contribution in [1.82, 2.24) is 14.4 Å². The fraction of sp³-hybridized carbons (Fsp3) is 0.406. The minimum atomic E-state index is -0.868. The third kappa shape index (κ3) is 5.86. The number of fused-ring (bicyclic) bond motifs is 1. The third-order valence-electron chi connectivity index (χ3n) is 8.16. The summed E-state index contributed by atoms with van der Waals surface area (Å²) in [5.74, 6) is -0.910. The predicted molar refractivity (Wildman–Crippen MR) is 169 cm³/mol. The van der Waals surface area contributed by atoms with Crippen molar-refractivity contribution >= 4 is 51.9 Å². The largest absolute Gasteiger partial charge is 0.478 e. The maximum Gasteiger partial charge on any atom is 0.339 e. The lowest BCUT2D eigenvalue weighted by Crippen LogP contribution is -2.38. The molecule has 8 nitrogen and oxygen atoms in total. The van der Waals surface area contributed by atoms with Gasteiger partial charge < -0.3 is 14.4 Å². The van der Waals surface area contributed by atoms with Crippen molar-refractivity contribution in [2.75, 3.05) is 39.4 Å². The maximum atomic E-state index is 13.8. The van der Waals surface area contributed by atoms with E-state index in [-0.39, 0.29) is 5.91 Å². The molecule has 0 bridgehead atoms. The molecule has 42 heavy (non-hydrogen) atoms. The van der Waals surface area contributed by atoms with E-state index in [2.05, 4.69) is 15.5 Å². The van der Waals surface area contributed by atoms with Gasteiger partial charge in [-0.25, -0.2) is 9.79 Å². The second-order valence-corrected chi connectivity index (χ2v) is 13.1. The Morgan fingerprint density at radius 2 is 1.86 bits per heavy atom. The van der Waals surface area contributed by atoms with Crippen LogP contribution in [0, 0.1) is 13.8 Å². The van der Waals surface area contributed by atoms with E-state index in [1.807, 2.05) is 50.3 Å². The second-order valence-electron chi connectivity index (χ2n) is 11.0. The van der Waals surface area contributed by atoms with Gasteiger partial charge in [0.2, 0.25) is 0 Å². The summed E-state index contributed by atoms with van der Waals surface area (Å²) in [7, 11) is 0. The zero-order valence-corrected chi connectivity index (χ0v) is 25.7. The lowest BCUT2D eigenvalue weighted by Gasteiger charge is -2.27. The van der Waals surface area contributed by atoms with E-state index in [4.69, 9.17) is 9.73 Å². The Labute approximate surface area is 254 Å². The average molecular weight is 605 g/mol. The molecule has 220 valence electrons. The van der Waals surface area contributed by atoms with Crippen molar-refractivity contribution in [2.24, 2.45) is 4.99 Å². The number of amidine groups is 1. The second kappa shape index (κ2) is 12.6. The minimum Gasteiger partial charge on any atom is -0.478 e. The fourth-order valence-corrected chi connectivity index (χ4v) is 8.50. The number of para-hydroxylation sites is 1. The van der Waals surface area contributed by atoms with Crippen molar-refractivity contribution in [2.45, 2.75) is 46.0 Å². The third-order valence-corrected chi connectivity index (χ3v) is 10.4. The summed E-state index contributed by atoms with van der Waals surface area (Å²) >= 11 is 3.01. The molecule has 1 aromatic carbocycles. The number of aromatic nitrogens is 1. The normalized spacial score (nSPS) is 19.7. The summed E-state index contributed by atoms with van der Waals surface area (Å²) in [6.07, 6.45) is 6.68. The molecule has 2 fully saturated rings. The number of aliphatic imine (C=N–C) groups is 1. The summed E-state index contributed by atoms with van der Waals surface area (Å²) in [6, 6.07) is 11.8. The highest BCUT2D eigenvalue weighted by Gasteiger charge is 2.34. The highest BCUT2D eigenvalue weighted by molar-refractivity contribution is 8.18. The molecule has 2 saturated heterocycles. The van der Waals surface area contributed by atoms with Crippen LogP contribution in [0.3, 0.4) is 0 Å². The number of carbonyl (C=O) groups excluding carboxylic acids is 1. The first-order valence-corrected chi connectivity index (χ1v) is 16.3. The Kier molecular flexibility index (Phi) is 8.67. The molecule has 1 amide bonds. The van der Waals surface area contributed by atoms with Crippen molar-refractivity contribution < 1.29 is 19.4 Å². The number of benzene rings is 1. The van der Waals surface area contributed by atoms with E-state index in [0.717, 1.165) is 98.2 Å². The van der Waals surface area contributed by atoms with Gasteiger partial charge in [-0.05, 0) is 93.1 Å². The molecule has 1 aliphatic carbocycles. The van der Waals surface area contributed by atoms with Gasteiger partial charge in [0.05, 0.1) is 29.4 Å². The van der Waals surface area contributed by atoms with E-state index < -0.39 is 5.97 Å². The van der Waals surface area contributed by atoms with Crippen LogP contribution in [-0.2, 0) is 22.4 Å². The van der Waals surface area contributed by atoms with Crippen LogP contribution >= 0.6 is 23.1 Å². The maximum absolute atomic E-state index is 13.8. The van der Waals surface area contributed by atoms with Gasteiger partial charge in [-0.2, -0.15) is 0 Å². The smallest absolute Gasteiger partial charge is 0.339 e. The molecule has 4 heterocycles. The Balaban J connectivity index is 1.30. The molecule has 0 unspecified atom stereocenters. The van der Waals surface area contributed by atoms with Crippen molar-refractivity contribution in [3.05, 3.63) is 74.3 Å². The molecule has 2 aromatic heterocycles. The Bertz CT molecular complexity index is 1550. The van der Waals surface area contributed by atoms with Crippen LogP contribution < -0.4 is 0 Å². The number of nitrogens with zero attached hydrogens (tertiary/aromatic N) is 4. The summed E-state index contributed by atoms with van der Waals surface area (Å²) < 4.78 is 7.53. The summed E-state index contributed by atoms with van der Waals surface area (Å²) in [4.78, 5) is 37.0. The monoisotopic (exact) mass is 604 g/mol. The number of carbonyl (C=O) groups is 2. The minimum absolute atomic E-state index is 0.0423. The number of aryl methyl sites for hydroxylation is 2. The van der Waals surface area contributed by atoms with E-state index in [1.165, 1.54) is 16.6 Å². The van der Waals surface area contributed by atoms with Gasteiger partial charge in [0.25, 0.3) is 5.91 Å². The average Bonchev–Trinajstić information content (AvgIpc) is 3.60. The van der Waals surface area contributed by atoms with Gasteiger partial charge in [0.1, 0.15) is 5.00 Å². The molecule has 0 atom stereocenters. The first-order valence-electron chi connectivity index (χ1n) is 14.6. The molecule has 3 aromatic rings. The first kappa shape index (κ1) is 28.9. The lowest BCUT2D eigenvalue weighted by atomic mass is 9.95. The van der Waals surface area contributed by atoms with Gasteiger partial charge in [0.15, 0.2) is 5.17 Å². The topological polar surface area (TPSA) is 87.4 Å². The standard InChI is InChI=1S/C32H36N4O4S2/c1-21-19-23(22(2)36(21)30-28(31(38)39)25-11-6-7-12-26(25)41-30)20-27-29(37)35(14-8-13-34-15-17-40-18-16-34)32(42-27)33-24-9-4-3-5-10-24/h3-5,9-10,19-20H,6-8,11-18H2,1-2H3,(H,38,39)/b27-20-,33-32?. The lowest BCUT2D eigenvalue weighted by molar-refractivity contribution is -0.122. The highest BCUT2D eigenvalue weighted by atomic mass is 32.2. The molecule has 10 heteroatoms. The van der Waals surface area contributed by atoms with E-state index in [9.17, 15) is 14.7 Å². The Morgan fingerprint density at radius 3 is 2.62 bits per heavy atom. The van der Waals surface area contributed by atoms with Gasteiger partial charge in [0, 0.05) is 42.4 Å². The number of hydrogen-bond acceptors (Lipinski definition) is 7. The predicted octanol–water partition coefficient (Wildman–Crippen LogP) is 6.06.